The minimum absolute atomic E-state index is 0.713. The molecule has 0 aromatic carbocycles. The van der Waals surface area contributed by atoms with E-state index in [1.54, 1.807) is 10.8 Å². The average molecular weight is 124 g/mol. The first-order valence-corrected chi connectivity index (χ1v) is 2.71. The first-order valence-electron chi connectivity index (χ1n) is 2.71. The summed E-state index contributed by atoms with van der Waals surface area (Å²) in [6.45, 7) is 3.59. The molecule has 0 saturated heterocycles. The van der Waals surface area contributed by atoms with E-state index < -0.39 is 0 Å². The van der Waals surface area contributed by atoms with E-state index in [1.807, 2.05) is 13.1 Å². The molecule has 1 aromatic heterocycles. The van der Waals surface area contributed by atoms with Crippen molar-refractivity contribution in [3.8, 4) is 0 Å². The zero-order chi connectivity index (χ0) is 6.85. The number of nitrogen functional groups attached to an aromatic ring is 1. The summed E-state index contributed by atoms with van der Waals surface area (Å²) in [5.74, 6) is 0.713. The van der Waals surface area contributed by atoms with Gasteiger partial charge in [0.25, 0.3) is 5.82 Å². The molecule has 0 spiro atoms. The first kappa shape index (κ1) is 5.88. The molecule has 1 rings (SSSR count). The van der Waals surface area contributed by atoms with Crippen molar-refractivity contribution < 1.29 is 4.68 Å². The minimum atomic E-state index is 0.713. The summed E-state index contributed by atoms with van der Waals surface area (Å²) in [6, 6.07) is 1.83. The van der Waals surface area contributed by atoms with Gasteiger partial charge in [-0.15, -0.1) is 0 Å². The van der Waals surface area contributed by atoms with Crippen LogP contribution in [0.5, 0.6) is 0 Å². The van der Waals surface area contributed by atoms with Crippen molar-refractivity contribution in [3.63, 3.8) is 0 Å². The van der Waals surface area contributed by atoms with Gasteiger partial charge in [0.15, 0.2) is 0 Å². The van der Waals surface area contributed by atoms with E-state index in [2.05, 4.69) is 11.7 Å². The van der Waals surface area contributed by atoms with Crippen LogP contribution in [0.3, 0.4) is 0 Å². The number of nitrogens with two attached hydrogens (primary N) is 1. The SMILES string of the molecule is C=Cc1cc(N)[n+](C)[nH]1. The van der Waals surface area contributed by atoms with Gasteiger partial charge in [0.1, 0.15) is 7.05 Å². The fraction of sp³-hybridized carbons (Fsp3) is 0.167. The van der Waals surface area contributed by atoms with Gasteiger partial charge in [-0.05, 0) is 6.08 Å². The van der Waals surface area contributed by atoms with Crippen LogP contribution in [0.2, 0.25) is 0 Å². The third-order valence-corrected chi connectivity index (χ3v) is 1.21. The second-order valence-corrected chi connectivity index (χ2v) is 1.90. The summed E-state index contributed by atoms with van der Waals surface area (Å²) in [4.78, 5) is 0. The maximum atomic E-state index is 5.50. The van der Waals surface area contributed by atoms with E-state index in [0.717, 1.165) is 5.69 Å². The van der Waals surface area contributed by atoms with Crippen LogP contribution < -0.4 is 10.4 Å². The third kappa shape index (κ3) is 0.937. The van der Waals surface area contributed by atoms with Gasteiger partial charge >= 0.3 is 0 Å². The van der Waals surface area contributed by atoms with Crippen molar-refractivity contribution >= 4 is 11.9 Å². The van der Waals surface area contributed by atoms with E-state index in [1.165, 1.54) is 0 Å². The lowest BCUT2D eigenvalue weighted by atomic mass is 10.4. The lowest BCUT2D eigenvalue weighted by molar-refractivity contribution is -0.713. The van der Waals surface area contributed by atoms with E-state index in [-0.39, 0.29) is 0 Å². The fourth-order valence-corrected chi connectivity index (χ4v) is 0.651. The summed E-state index contributed by atoms with van der Waals surface area (Å²) in [5, 5.41) is 2.97. The molecule has 9 heavy (non-hydrogen) atoms. The Bertz CT molecular complexity index is 205. The third-order valence-electron chi connectivity index (χ3n) is 1.21. The maximum absolute atomic E-state index is 5.50. The van der Waals surface area contributed by atoms with Crippen LogP contribution in [-0.4, -0.2) is 5.10 Å². The van der Waals surface area contributed by atoms with Crippen LogP contribution in [-0.2, 0) is 7.05 Å². The molecule has 0 amide bonds. The number of hydrogen-bond acceptors (Lipinski definition) is 1. The lowest BCUT2D eigenvalue weighted by Crippen LogP contribution is -2.32. The monoisotopic (exact) mass is 124 g/mol. The molecular formula is C6H10N3+. The Labute approximate surface area is 53.8 Å². The quantitative estimate of drug-likeness (QED) is 0.511. The molecule has 1 heterocycles. The smallest absolute Gasteiger partial charge is 0.285 e. The zero-order valence-electron chi connectivity index (χ0n) is 5.39. The number of nitrogens with one attached hydrogen (secondary N) is 1. The normalized spacial score (nSPS) is 9.44. The van der Waals surface area contributed by atoms with E-state index in [4.69, 9.17) is 5.73 Å². The highest BCUT2D eigenvalue weighted by atomic mass is 15.3. The molecule has 0 unspecified atom stereocenters. The van der Waals surface area contributed by atoms with Crippen LogP contribution >= 0.6 is 0 Å². The number of aryl methyl sites for hydroxylation is 1. The summed E-state index contributed by atoms with van der Waals surface area (Å²) in [7, 11) is 1.85. The molecule has 1 aromatic rings. The number of aromatic amines is 1. The maximum Gasteiger partial charge on any atom is 0.292 e. The van der Waals surface area contributed by atoms with Gasteiger partial charge in [0, 0.05) is 0 Å². The topological polar surface area (TPSA) is 45.7 Å². The predicted octanol–water partition coefficient (Wildman–Crippen LogP) is 0.0644. The van der Waals surface area contributed by atoms with Crippen molar-refractivity contribution in [1.29, 1.82) is 0 Å². The molecule has 3 heteroatoms. The molecule has 0 aliphatic heterocycles. The van der Waals surface area contributed by atoms with Gasteiger partial charge < -0.3 is 0 Å². The summed E-state index contributed by atoms with van der Waals surface area (Å²) < 4.78 is 1.73. The molecule has 3 N–H and O–H groups in total. The van der Waals surface area contributed by atoms with E-state index >= 15 is 0 Å². The molecule has 0 aliphatic rings. The van der Waals surface area contributed by atoms with Gasteiger partial charge in [-0.2, -0.15) is 4.68 Å². The molecule has 0 fully saturated rings. The summed E-state index contributed by atoms with van der Waals surface area (Å²) in [5.41, 5.74) is 6.44. The van der Waals surface area contributed by atoms with Crippen molar-refractivity contribution in [1.82, 2.24) is 5.10 Å². The largest absolute Gasteiger partial charge is 0.292 e. The number of H-pyrrole nitrogens is 1. The molecule has 3 nitrogen and oxygen atoms in total. The standard InChI is InChI=1S/C6H9N3/c1-3-5-4-6(7)9(2)8-5/h3-4H,1H2,2H3,(H2,7,8)/p+1. The zero-order valence-corrected chi connectivity index (χ0v) is 5.39. The molecule has 48 valence electrons. The van der Waals surface area contributed by atoms with Gasteiger partial charge in [-0.25, -0.2) is 5.10 Å². The second kappa shape index (κ2) is 1.93. The van der Waals surface area contributed by atoms with E-state index in [9.17, 15) is 0 Å². The van der Waals surface area contributed by atoms with Crippen molar-refractivity contribution in [2.45, 2.75) is 0 Å². The van der Waals surface area contributed by atoms with E-state index in [0.29, 0.717) is 5.82 Å². The molecule has 0 bridgehead atoms. The highest BCUT2D eigenvalue weighted by Gasteiger charge is 2.00. The Hall–Kier alpha value is -1.25. The predicted molar refractivity (Wildman–Crippen MR) is 36.5 cm³/mol. The van der Waals surface area contributed by atoms with Crippen LogP contribution in [0.4, 0.5) is 5.82 Å². The number of nitrogens with zero attached hydrogens (tertiary/aromatic N) is 1. The lowest BCUT2D eigenvalue weighted by Gasteiger charge is -1.80. The molecule has 0 aliphatic carbocycles. The van der Waals surface area contributed by atoms with Crippen LogP contribution in [0.15, 0.2) is 12.6 Å². The summed E-state index contributed by atoms with van der Waals surface area (Å²) >= 11 is 0. The van der Waals surface area contributed by atoms with Crippen molar-refractivity contribution in [2.75, 3.05) is 5.73 Å². The van der Waals surface area contributed by atoms with Gasteiger partial charge in [-0.1, -0.05) is 6.58 Å². The average Bonchev–Trinajstić information content (AvgIpc) is 2.13. The number of anilines is 1. The fourth-order valence-electron chi connectivity index (χ4n) is 0.651. The van der Waals surface area contributed by atoms with Gasteiger partial charge in [0.2, 0.25) is 0 Å². The van der Waals surface area contributed by atoms with Crippen molar-refractivity contribution in [3.05, 3.63) is 18.3 Å². The highest BCUT2D eigenvalue weighted by molar-refractivity contribution is 5.44. The molecule has 0 saturated carbocycles. The Balaban J connectivity index is 3.11. The summed E-state index contributed by atoms with van der Waals surface area (Å²) in [6.07, 6.45) is 1.72. The second-order valence-electron chi connectivity index (χ2n) is 1.90. The Morgan fingerprint density at radius 3 is 2.78 bits per heavy atom. The van der Waals surface area contributed by atoms with Crippen molar-refractivity contribution in [2.24, 2.45) is 7.05 Å². The molecule has 0 radical (unpaired) electrons. The van der Waals surface area contributed by atoms with Crippen LogP contribution in [0.1, 0.15) is 5.69 Å². The Morgan fingerprint density at radius 1 is 1.89 bits per heavy atom. The molecule has 0 atom stereocenters. The highest BCUT2D eigenvalue weighted by Crippen LogP contribution is 1.97. The Morgan fingerprint density at radius 2 is 2.56 bits per heavy atom. The van der Waals surface area contributed by atoms with Crippen LogP contribution in [0.25, 0.3) is 6.08 Å². The first-order chi connectivity index (χ1) is 4.24. The van der Waals surface area contributed by atoms with Gasteiger partial charge in [-0.3, -0.25) is 5.73 Å². The Kier molecular flexibility index (Phi) is 1.26. The van der Waals surface area contributed by atoms with Gasteiger partial charge in [0.05, 0.1) is 11.8 Å². The minimum Gasteiger partial charge on any atom is -0.285 e. The number of hydrogen-bond donors (Lipinski definition) is 2. The van der Waals surface area contributed by atoms with Crippen LogP contribution in [0, 0.1) is 0 Å². The number of aromatic nitrogens is 2. The number of rotatable bonds is 1. The molecular weight excluding hydrogens is 114 g/mol.